The molecule has 1 nitrogen and oxygen atoms in total. The summed E-state index contributed by atoms with van der Waals surface area (Å²) in [5.74, 6) is 1.99. The summed E-state index contributed by atoms with van der Waals surface area (Å²) in [6.07, 6.45) is 14.3. The molecule has 3 aliphatic rings. The standard InChI is InChI=1S/C14H23N/c1-2-6-13-11-14(8-7-12(13)5-1)15-9-3-4-10-15/h11-13H,1-10H2. The van der Waals surface area contributed by atoms with Gasteiger partial charge in [-0.05, 0) is 50.4 Å². The second-order valence-corrected chi connectivity index (χ2v) is 5.60. The van der Waals surface area contributed by atoms with Crippen LogP contribution in [0.1, 0.15) is 51.4 Å². The van der Waals surface area contributed by atoms with E-state index in [1.165, 1.54) is 64.5 Å². The smallest absolute Gasteiger partial charge is 0.0175 e. The van der Waals surface area contributed by atoms with E-state index in [1.54, 1.807) is 5.70 Å². The van der Waals surface area contributed by atoms with Crippen LogP contribution in [0.4, 0.5) is 0 Å². The lowest BCUT2D eigenvalue weighted by Gasteiger charge is -2.36. The largest absolute Gasteiger partial charge is 0.375 e. The molecule has 2 fully saturated rings. The topological polar surface area (TPSA) is 3.24 Å². The van der Waals surface area contributed by atoms with Crippen LogP contribution in [0.15, 0.2) is 11.8 Å². The van der Waals surface area contributed by atoms with Gasteiger partial charge >= 0.3 is 0 Å². The molecule has 2 aliphatic carbocycles. The van der Waals surface area contributed by atoms with Gasteiger partial charge in [-0.25, -0.2) is 0 Å². The highest BCUT2D eigenvalue weighted by Gasteiger charge is 2.29. The summed E-state index contributed by atoms with van der Waals surface area (Å²) >= 11 is 0. The van der Waals surface area contributed by atoms with Gasteiger partial charge in [0.2, 0.25) is 0 Å². The van der Waals surface area contributed by atoms with Gasteiger partial charge in [-0.2, -0.15) is 0 Å². The molecule has 1 heteroatoms. The Morgan fingerprint density at radius 2 is 1.73 bits per heavy atom. The van der Waals surface area contributed by atoms with Gasteiger partial charge in [-0.3, -0.25) is 0 Å². The van der Waals surface area contributed by atoms with Crippen molar-refractivity contribution in [1.82, 2.24) is 4.90 Å². The minimum atomic E-state index is 0.947. The van der Waals surface area contributed by atoms with Gasteiger partial charge in [0.05, 0.1) is 0 Å². The summed E-state index contributed by atoms with van der Waals surface area (Å²) in [7, 11) is 0. The fourth-order valence-corrected chi connectivity index (χ4v) is 3.75. The van der Waals surface area contributed by atoms with Crippen molar-refractivity contribution in [2.24, 2.45) is 11.8 Å². The minimum absolute atomic E-state index is 0.947. The van der Waals surface area contributed by atoms with Crippen LogP contribution in [-0.4, -0.2) is 18.0 Å². The zero-order chi connectivity index (χ0) is 10.1. The highest BCUT2D eigenvalue weighted by molar-refractivity contribution is 5.11. The Balaban J connectivity index is 1.71. The molecule has 2 unspecified atom stereocenters. The van der Waals surface area contributed by atoms with E-state index in [0.29, 0.717) is 0 Å². The molecule has 0 aromatic rings. The zero-order valence-electron chi connectivity index (χ0n) is 9.75. The van der Waals surface area contributed by atoms with Crippen molar-refractivity contribution in [3.8, 4) is 0 Å². The molecule has 0 bridgehead atoms. The van der Waals surface area contributed by atoms with Crippen molar-refractivity contribution < 1.29 is 0 Å². The third-order valence-electron chi connectivity index (χ3n) is 4.66. The van der Waals surface area contributed by atoms with Crippen LogP contribution in [0.2, 0.25) is 0 Å². The number of hydrogen-bond acceptors (Lipinski definition) is 1. The quantitative estimate of drug-likeness (QED) is 0.632. The molecule has 1 saturated carbocycles. The van der Waals surface area contributed by atoms with Gasteiger partial charge in [0.1, 0.15) is 0 Å². The van der Waals surface area contributed by atoms with Gasteiger partial charge in [-0.15, -0.1) is 0 Å². The zero-order valence-corrected chi connectivity index (χ0v) is 9.75. The lowest BCUT2D eigenvalue weighted by Crippen LogP contribution is -2.27. The van der Waals surface area contributed by atoms with Crippen LogP contribution in [0.25, 0.3) is 0 Å². The van der Waals surface area contributed by atoms with E-state index in [-0.39, 0.29) is 0 Å². The molecule has 0 amide bonds. The second-order valence-electron chi connectivity index (χ2n) is 5.60. The Kier molecular flexibility index (Phi) is 2.72. The van der Waals surface area contributed by atoms with Crippen molar-refractivity contribution in [2.45, 2.75) is 51.4 Å². The maximum atomic E-state index is 2.66. The molecule has 0 radical (unpaired) electrons. The molecular weight excluding hydrogens is 182 g/mol. The number of allylic oxidation sites excluding steroid dienone is 2. The molecular formula is C14H23N. The monoisotopic (exact) mass is 205 g/mol. The molecule has 15 heavy (non-hydrogen) atoms. The Hall–Kier alpha value is -0.460. The van der Waals surface area contributed by atoms with Crippen LogP contribution >= 0.6 is 0 Å². The summed E-state index contributed by atoms with van der Waals surface area (Å²) < 4.78 is 0. The predicted octanol–water partition coefficient (Wildman–Crippen LogP) is 3.57. The van der Waals surface area contributed by atoms with Crippen molar-refractivity contribution in [1.29, 1.82) is 0 Å². The fourth-order valence-electron chi connectivity index (χ4n) is 3.75. The van der Waals surface area contributed by atoms with E-state index in [2.05, 4.69) is 11.0 Å². The van der Waals surface area contributed by atoms with E-state index >= 15 is 0 Å². The highest BCUT2D eigenvalue weighted by Crippen LogP contribution is 2.40. The molecule has 0 aromatic carbocycles. The Morgan fingerprint density at radius 3 is 2.60 bits per heavy atom. The molecule has 1 saturated heterocycles. The Morgan fingerprint density at radius 1 is 0.933 bits per heavy atom. The van der Waals surface area contributed by atoms with Crippen molar-refractivity contribution in [3.63, 3.8) is 0 Å². The van der Waals surface area contributed by atoms with Gasteiger partial charge in [0.15, 0.2) is 0 Å². The average molecular weight is 205 g/mol. The van der Waals surface area contributed by atoms with Crippen molar-refractivity contribution in [2.75, 3.05) is 13.1 Å². The first-order valence-electron chi connectivity index (χ1n) is 6.89. The van der Waals surface area contributed by atoms with E-state index in [1.807, 2.05) is 0 Å². The van der Waals surface area contributed by atoms with Gasteiger partial charge in [-0.1, -0.05) is 18.9 Å². The maximum absolute atomic E-state index is 2.66. The van der Waals surface area contributed by atoms with Crippen molar-refractivity contribution in [3.05, 3.63) is 11.8 Å². The Bertz CT molecular complexity index is 250. The SMILES string of the molecule is C1=C(N2CCCC2)CCC2CCCCC12. The number of hydrogen-bond donors (Lipinski definition) is 0. The lowest BCUT2D eigenvalue weighted by atomic mass is 9.73. The first-order valence-corrected chi connectivity index (χ1v) is 6.89. The first kappa shape index (κ1) is 9.74. The molecule has 0 spiro atoms. The molecule has 3 rings (SSSR count). The van der Waals surface area contributed by atoms with Crippen LogP contribution in [0.5, 0.6) is 0 Å². The third kappa shape index (κ3) is 1.93. The van der Waals surface area contributed by atoms with Crippen LogP contribution in [0.3, 0.4) is 0 Å². The number of likely N-dealkylation sites (tertiary alicyclic amines) is 1. The van der Waals surface area contributed by atoms with E-state index < -0.39 is 0 Å². The van der Waals surface area contributed by atoms with Gasteiger partial charge in [0, 0.05) is 18.8 Å². The van der Waals surface area contributed by atoms with Crippen molar-refractivity contribution >= 4 is 0 Å². The summed E-state index contributed by atoms with van der Waals surface area (Å²) in [4.78, 5) is 2.66. The van der Waals surface area contributed by atoms with Crippen LogP contribution < -0.4 is 0 Å². The molecule has 1 heterocycles. The summed E-state index contributed by atoms with van der Waals surface area (Å²) in [6.45, 7) is 2.67. The fraction of sp³-hybridized carbons (Fsp3) is 0.857. The highest BCUT2D eigenvalue weighted by atomic mass is 15.1. The Labute approximate surface area is 93.5 Å². The summed E-state index contributed by atoms with van der Waals surface area (Å²) in [6, 6.07) is 0. The maximum Gasteiger partial charge on any atom is 0.0175 e. The molecule has 0 aromatic heterocycles. The van der Waals surface area contributed by atoms with Gasteiger partial charge < -0.3 is 4.90 Å². The number of nitrogens with zero attached hydrogens (tertiary/aromatic N) is 1. The minimum Gasteiger partial charge on any atom is -0.375 e. The molecule has 84 valence electrons. The van der Waals surface area contributed by atoms with Gasteiger partial charge in [0.25, 0.3) is 0 Å². The average Bonchev–Trinajstić information content (AvgIpc) is 2.82. The molecule has 0 N–H and O–H groups in total. The number of fused-ring (bicyclic) bond motifs is 1. The second kappa shape index (κ2) is 4.19. The lowest BCUT2D eigenvalue weighted by molar-refractivity contribution is 0.235. The van der Waals surface area contributed by atoms with Crippen LogP contribution in [-0.2, 0) is 0 Å². The normalized spacial score (nSPS) is 36.3. The van der Waals surface area contributed by atoms with E-state index in [9.17, 15) is 0 Å². The molecule has 2 atom stereocenters. The number of rotatable bonds is 1. The summed E-state index contributed by atoms with van der Waals surface area (Å²) in [5.41, 5.74) is 1.70. The first-order chi connectivity index (χ1) is 7.43. The summed E-state index contributed by atoms with van der Waals surface area (Å²) in [5, 5.41) is 0. The van der Waals surface area contributed by atoms with Crippen LogP contribution in [0, 0.1) is 11.8 Å². The van der Waals surface area contributed by atoms with E-state index in [4.69, 9.17) is 0 Å². The predicted molar refractivity (Wildman–Crippen MR) is 63.6 cm³/mol. The van der Waals surface area contributed by atoms with E-state index in [0.717, 1.165) is 11.8 Å². The molecule has 1 aliphatic heterocycles. The third-order valence-corrected chi connectivity index (χ3v) is 4.66.